The Labute approximate surface area is 227 Å². The third-order valence-corrected chi connectivity index (χ3v) is 8.39. The van der Waals surface area contributed by atoms with Gasteiger partial charge < -0.3 is 24.8 Å². The van der Waals surface area contributed by atoms with E-state index in [1.807, 2.05) is 30.3 Å². The normalized spacial score (nSPS) is 22.3. The van der Waals surface area contributed by atoms with Crippen molar-refractivity contribution in [3.8, 4) is 28.4 Å². The minimum Gasteiger partial charge on any atom is -0.493 e. The highest BCUT2D eigenvalue weighted by Crippen LogP contribution is 2.49. The predicted molar refractivity (Wildman–Crippen MR) is 152 cm³/mol. The van der Waals surface area contributed by atoms with Gasteiger partial charge in [0.05, 0.1) is 6.61 Å². The van der Waals surface area contributed by atoms with Crippen molar-refractivity contribution in [2.45, 2.75) is 77.9 Å². The summed E-state index contributed by atoms with van der Waals surface area (Å²) < 4.78 is 19.6. The van der Waals surface area contributed by atoms with Gasteiger partial charge in [0.1, 0.15) is 29.5 Å². The minimum absolute atomic E-state index is 0.0204. The number of carbonyl (C=O) groups excluding carboxylic acids is 1. The molecule has 2 aromatic carbocycles. The lowest BCUT2D eigenvalue weighted by molar-refractivity contribution is 0.103. The van der Waals surface area contributed by atoms with Crippen LogP contribution in [0.15, 0.2) is 30.3 Å². The van der Waals surface area contributed by atoms with Gasteiger partial charge in [0.15, 0.2) is 5.78 Å². The van der Waals surface area contributed by atoms with Crippen LogP contribution in [0.25, 0.3) is 11.1 Å². The summed E-state index contributed by atoms with van der Waals surface area (Å²) in [5, 5.41) is 7.03. The van der Waals surface area contributed by atoms with Crippen LogP contribution in [0.3, 0.4) is 0 Å². The number of hydrogen-bond acceptors (Lipinski definition) is 6. The van der Waals surface area contributed by atoms with Crippen LogP contribution >= 0.6 is 0 Å². The zero-order valence-corrected chi connectivity index (χ0v) is 23.3. The molecule has 4 atom stereocenters. The second-order valence-electron chi connectivity index (χ2n) is 11.0. The highest BCUT2D eigenvalue weighted by atomic mass is 16.5. The molecule has 0 radical (unpaired) electrons. The number of hydrogen-bond donors (Lipinski definition) is 2. The zero-order chi connectivity index (χ0) is 26.5. The van der Waals surface area contributed by atoms with E-state index in [9.17, 15) is 4.79 Å². The van der Waals surface area contributed by atoms with Gasteiger partial charge >= 0.3 is 0 Å². The molecule has 3 aliphatic rings. The molecule has 0 bridgehead atoms. The molecule has 2 heterocycles. The van der Waals surface area contributed by atoms with Crippen molar-refractivity contribution in [2.24, 2.45) is 11.8 Å². The number of rotatable bonds is 11. The van der Waals surface area contributed by atoms with Gasteiger partial charge in [-0.05, 0) is 70.2 Å². The van der Waals surface area contributed by atoms with E-state index >= 15 is 0 Å². The van der Waals surface area contributed by atoms with Gasteiger partial charge in [-0.1, -0.05) is 32.9 Å². The molecule has 0 spiro atoms. The molecule has 5 rings (SSSR count). The van der Waals surface area contributed by atoms with Gasteiger partial charge in [0.2, 0.25) is 0 Å². The molecule has 0 aromatic heterocycles. The number of nitrogens with one attached hydrogen (secondary N) is 2. The molecule has 2 aliphatic heterocycles. The Morgan fingerprint density at radius 1 is 0.842 bits per heavy atom. The molecule has 6 heteroatoms. The van der Waals surface area contributed by atoms with Gasteiger partial charge in [-0.3, -0.25) is 4.79 Å². The second-order valence-corrected chi connectivity index (χ2v) is 11.0. The van der Waals surface area contributed by atoms with E-state index in [-0.39, 0.29) is 18.0 Å². The fourth-order valence-corrected chi connectivity index (χ4v) is 6.40. The maximum absolute atomic E-state index is 13.7. The van der Waals surface area contributed by atoms with E-state index < -0.39 is 0 Å². The van der Waals surface area contributed by atoms with Crippen LogP contribution in [0.2, 0.25) is 0 Å². The molecule has 0 saturated carbocycles. The molecule has 38 heavy (non-hydrogen) atoms. The van der Waals surface area contributed by atoms with Crippen LogP contribution in [0, 0.1) is 11.8 Å². The summed E-state index contributed by atoms with van der Waals surface area (Å²) in [5.74, 6) is 3.17. The third kappa shape index (κ3) is 5.57. The maximum Gasteiger partial charge on any atom is 0.194 e. The van der Waals surface area contributed by atoms with E-state index in [1.165, 1.54) is 12.8 Å². The predicted octanol–water partition coefficient (Wildman–Crippen LogP) is 6.00. The van der Waals surface area contributed by atoms with Crippen molar-refractivity contribution in [3.05, 3.63) is 41.5 Å². The van der Waals surface area contributed by atoms with Gasteiger partial charge in [0.25, 0.3) is 0 Å². The third-order valence-electron chi connectivity index (χ3n) is 8.39. The molecular weight excluding hydrogens is 476 g/mol. The fraction of sp³-hybridized carbons (Fsp3) is 0.594. The van der Waals surface area contributed by atoms with Gasteiger partial charge in [0, 0.05) is 53.2 Å². The maximum atomic E-state index is 13.7. The second kappa shape index (κ2) is 12.5. The highest BCUT2D eigenvalue weighted by molar-refractivity contribution is 6.23. The number of piperidine rings is 2. The lowest BCUT2D eigenvalue weighted by atomic mass is 9.92. The first-order chi connectivity index (χ1) is 18.6. The smallest absolute Gasteiger partial charge is 0.194 e. The molecule has 2 saturated heterocycles. The minimum atomic E-state index is 0.0204. The monoisotopic (exact) mass is 520 g/mol. The highest BCUT2D eigenvalue weighted by Gasteiger charge is 2.35. The average Bonchev–Trinajstić information content (AvgIpc) is 3.26. The van der Waals surface area contributed by atoms with Gasteiger partial charge in [-0.2, -0.15) is 0 Å². The van der Waals surface area contributed by atoms with E-state index in [2.05, 4.69) is 31.4 Å². The van der Waals surface area contributed by atoms with E-state index in [0.717, 1.165) is 80.9 Å². The summed E-state index contributed by atoms with van der Waals surface area (Å²) in [5.41, 5.74) is 3.07. The van der Waals surface area contributed by atoms with Gasteiger partial charge in [-0.25, -0.2) is 0 Å². The first kappa shape index (κ1) is 27.0. The fourth-order valence-electron chi connectivity index (χ4n) is 6.40. The van der Waals surface area contributed by atoms with Crippen molar-refractivity contribution in [1.82, 2.24) is 10.6 Å². The molecule has 0 amide bonds. The number of ketones is 1. The summed E-state index contributed by atoms with van der Waals surface area (Å²) in [4.78, 5) is 13.7. The Morgan fingerprint density at radius 2 is 1.50 bits per heavy atom. The van der Waals surface area contributed by atoms with Crippen LogP contribution in [-0.2, 0) is 0 Å². The lowest BCUT2D eigenvalue weighted by Gasteiger charge is -2.31. The Hall–Kier alpha value is -2.57. The quantitative estimate of drug-likeness (QED) is 0.323. The van der Waals surface area contributed by atoms with Crippen LogP contribution in [0.4, 0.5) is 0 Å². The Morgan fingerprint density at radius 3 is 2.11 bits per heavy atom. The van der Waals surface area contributed by atoms with E-state index in [4.69, 9.17) is 14.2 Å². The summed E-state index contributed by atoms with van der Waals surface area (Å²) in [6.07, 6.45) is 7.62. The average molecular weight is 521 g/mol. The van der Waals surface area contributed by atoms with Crippen molar-refractivity contribution >= 4 is 5.78 Å². The summed E-state index contributed by atoms with van der Waals surface area (Å²) >= 11 is 0. The Bertz CT molecular complexity index is 1100. The van der Waals surface area contributed by atoms with Crippen LogP contribution in [0.5, 0.6) is 17.2 Å². The van der Waals surface area contributed by atoms with E-state index in [1.54, 1.807) is 0 Å². The van der Waals surface area contributed by atoms with Crippen LogP contribution in [-0.4, -0.2) is 50.8 Å². The molecular formula is C32H44N2O4. The molecule has 206 valence electrons. The number of benzene rings is 2. The topological polar surface area (TPSA) is 68.8 Å². The zero-order valence-electron chi connectivity index (χ0n) is 23.3. The molecule has 4 unspecified atom stereocenters. The Kier molecular flexibility index (Phi) is 8.90. The van der Waals surface area contributed by atoms with Crippen molar-refractivity contribution < 1.29 is 19.0 Å². The first-order valence-corrected chi connectivity index (χ1v) is 14.9. The number of ether oxygens (including phenoxy) is 3. The van der Waals surface area contributed by atoms with Gasteiger partial charge in [-0.15, -0.1) is 0 Å². The first-order valence-electron chi connectivity index (χ1n) is 14.9. The van der Waals surface area contributed by atoms with Crippen molar-refractivity contribution in [1.29, 1.82) is 0 Å². The Balaban J connectivity index is 1.50. The SMILES string of the molecule is CCCOc1cc(OC(CC)C2CCCNC2)cc2c1-c1c(OC(CC)C3CCCNC3)cccc1C2=O. The number of fused-ring (bicyclic) bond motifs is 3. The van der Waals surface area contributed by atoms with Crippen LogP contribution in [0.1, 0.15) is 81.6 Å². The summed E-state index contributed by atoms with van der Waals surface area (Å²) in [6, 6.07) is 9.80. The van der Waals surface area contributed by atoms with Crippen molar-refractivity contribution in [2.75, 3.05) is 32.8 Å². The van der Waals surface area contributed by atoms with Crippen molar-refractivity contribution in [3.63, 3.8) is 0 Å². The molecule has 2 N–H and O–H groups in total. The van der Waals surface area contributed by atoms with Crippen LogP contribution < -0.4 is 24.8 Å². The molecule has 2 fully saturated rings. The summed E-state index contributed by atoms with van der Waals surface area (Å²) in [6.45, 7) is 11.2. The largest absolute Gasteiger partial charge is 0.493 e. The standard InChI is InChI=1S/C32H44N2O4/c1-4-16-36-29-18-23(37-26(5-2)21-10-8-14-33-19-21)17-25-31(29)30-24(32(25)35)12-7-13-28(30)38-27(6-3)22-11-9-15-34-20-22/h7,12-13,17-18,21-22,26-27,33-34H,4-6,8-11,14-16,19-20H2,1-3H3. The molecule has 6 nitrogen and oxygen atoms in total. The lowest BCUT2D eigenvalue weighted by Crippen LogP contribution is -2.39. The summed E-state index contributed by atoms with van der Waals surface area (Å²) in [7, 11) is 0. The number of carbonyl (C=O) groups is 1. The molecule has 1 aliphatic carbocycles. The molecule has 2 aromatic rings. The van der Waals surface area contributed by atoms with E-state index in [0.29, 0.717) is 35.3 Å².